The highest BCUT2D eigenvalue weighted by molar-refractivity contribution is 6.32. The van der Waals surface area contributed by atoms with Crippen molar-refractivity contribution in [1.82, 2.24) is 4.98 Å². The van der Waals surface area contributed by atoms with Gasteiger partial charge in [-0.15, -0.1) is 0 Å². The van der Waals surface area contributed by atoms with E-state index in [1.165, 1.54) is 0 Å². The summed E-state index contributed by atoms with van der Waals surface area (Å²) in [5.74, 6) is -0.0868. The molecule has 88 valence electrons. The van der Waals surface area contributed by atoms with Crippen LogP contribution >= 0.6 is 11.6 Å². The Kier molecular flexibility index (Phi) is 3.29. The van der Waals surface area contributed by atoms with Crippen molar-refractivity contribution in [2.24, 2.45) is 5.92 Å². The van der Waals surface area contributed by atoms with E-state index in [-0.39, 0.29) is 11.8 Å². The molecule has 0 aliphatic carbocycles. The number of nitrogens with zero attached hydrogens (tertiary/aromatic N) is 1. The molecule has 0 radical (unpaired) electrons. The molecule has 3 nitrogen and oxygen atoms in total. The normalized spacial score (nSPS) is 10.8. The van der Waals surface area contributed by atoms with Crippen LogP contribution in [0.25, 0.3) is 10.8 Å². The highest BCUT2D eigenvalue weighted by Gasteiger charge is 2.10. The Balaban J connectivity index is 2.49. The van der Waals surface area contributed by atoms with E-state index >= 15 is 0 Å². The van der Waals surface area contributed by atoms with Gasteiger partial charge in [-0.25, -0.2) is 0 Å². The number of anilines is 1. The van der Waals surface area contributed by atoms with Gasteiger partial charge in [0.15, 0.2) is 0 Å². The molecule has 1 heterocycles. The van der Waals surface area contributed by atoms with Crippen LogP contribution in [-0.2, 0) is 4.79 Å². The molecule has 0 aliphatic heterocycles. The number of halogens is 1. The molecule has 2 rings (SSSR count). The molecule has 0 spiro atoms. The molecule has 17 heavy (non-hydrogen) atoms. The molecule has 1 N–H and O–H groups in total. The number of hydrogen-bond donors (Lipinski definition) is 1. The van der Waals surface area contributed by atoms with Crippen molar-refractivity contribution in [1.29, 1.82) is 0 Å². The summed E-state index contributed by atoms with van der Waals surface area (Å²) in [5, 5.41) is 5.32. The lowest BCUT2D eigenvalue weighted by molar-refractivity contribution is -0.118. The van der Waals surface area contributed by atoms with Gasteiger partial charge in [-0.05, 0) is 18.2 Å². The summed E-state index contributed by atoms with van der Waals surface area (Å²) in [6, 6.07) is 5.45. The lowest BCUT2D eigenvalue weighted by atomic mass is 10.1. The van der Waals surface area contributed by atoms with E-state index in [2.05, 4.69) is 10.3 Å². The van der Waals surface area contributed by atoms with E-state index in [1.54, 1.807) is 18.5 Å². The molecule has 0 fully saturated rings. The summed E-state index contributed by atoms with van der Waals surface area (Å²) in [6.45, 7) is 3.70. The minimum Gasteiger partial charge on any atom is -0.325 e. The Morgan fingerprint density at radius 3 is 2.88 bits per heavy atom. The summed E-state index contributed by atoms with van der Waals surface area (Å²) in [7, 11) is 0. The van der Waals surface area contributed by atoms with Crippen LogP contribution in [0.2, 0.25) is 5.02 Å². The van der Waals surface area contributed by atoms with E-state index in [0.717, 1.165) is 16.5 Å². The van der Waals surface area contributed by atoms with Crippen molar-refractivity contribution in [3.05, 3.63) is 35.6 Å². The molecule has 0 atom stereocenters. The zero-order chi connectivity index (χ0) is 12.4. The fraction of sp³-hybridized carbons (Fsp3) is 0.231. The topological polar surface area (TPSA) is 42.0 Å². The van der Waals surface area contributed by atoms with Crippen LogP contribution in [0.1, 0.15) is 13.8 Å². The van der Waals surface area contributed by atoms with Gasteiger partial charge < -0.3 is 5.32 Å². The van der Waals surface area contributed by atoms with Crippen molar-refractivity contribution in [2.45, 2.75) is 13.8 Å². The third-order valence-electron chi connectivity index (χ3n) is 2.50. The fourth-order valence-electron chi connectivity index (χ4n) is 1.55. The van der Waals surface area contributed by atoms with E-state index in [9.17, 15) is 4.79 Å². The number of aromatic nitrogens is 1. The van der Waals surface area contributed by atoms with Gasteiger partial charge in [-0.3, -0.25) is 9.78 Å². The zero-order valence-corrected chi connectivity index (χ0v) is 10.5. The quantitative estimate of drug-likeness (QED) is 0.884. The molecule has 1 aromatic heterocycles. The van der Waals surface area contributed by atoms with Crippen LogP contribution in [0, 0.1) is 5.92 Å². The number of fused-ring (bicyclic) bond motifs is 1. The summed E-state index contributed by atoms with van der Waals surface area (Å²) in [6.07, 6.45) is 3.42. The minimum atomic E-state index is -0.0640. The van der Waals surface area contributed by atoms with Gasteiger partial charge in [0.05, 0.1) is 5.69 Å². The van der Waals surface area contributed by atoms with Crippen LogP contribution in [0.5, 0.6) is 0 Å². The van der Waals surface area contributed by atoms with Gasteiger partial charge in [-0.2, -0.15) is 0 Å². The van der Waals surface area contributed by atoms with Gasteiger partial charge in [0.2, 0.25) is 5.91 Å². The lowest BCUT2D eigenvalue weighted by Crippen LogP contribution is -2.17. The molecule has 2 aromatic rings. The van der Waals surface area contributed by atoms with E-state index in [4.69, 9.17) is 11.6 Å². The summed E-state index contributed by atoms with van der Waals surface area (Å²) >= 11 is 6.01. The predicted octanol–water partition coefficient (Wildman–Crippen LogP) is 3.48. The van der Waals surface area contributed by atoms with Crippen LogP contribution in [0.3, 0.4) is 0 Å². The van der Waals surface area contributed by atoms with Crippen LogP contribution < -0.4 is 5.32 Å². The molecule has 0 saturated heterocycles. The molecule has 0 saturated carbocycles. The number of rotatable bonds is 2. The lowest BCUT2D eigenvalue weighted by Gasteiger charge is -2.11. The highest BCUT2D eigenvalue weighted by atomic mass is 35.5. The first-order valence-corrected chi connectivity index (χ1v) is 5.80. The first-order chi connectivity index (χ1) is 8.08. The maximum absolute atomic E-state index is 11.7. The molecule has 4 heteroatoms. The molecule has 1 amide bonds. The number of amides is 1. The third-order valence-corrected chi connectivity index (χ3v) is 2.72. The Morgan fingerprint density at radius 1 is 1.41 bits per heavy atom. The summed E-state index contributed by atoms with van der Waals surface area (Å²) in [4.78, 5) is 15.7. The van der Waals surface area contributed by atoms with Crippen LogP contribution in [0.15, 0.2) is 30.6 Å². The fourth-order valence-corrected chi connectivity index (χ4v) is 1.78. The average Bonchev–Trinajstić information content (AvgIpc) is 2.28. The first-order valence-electron chi connectivity index (χ1n) is 5.42. The molecule has 0 bridgehead atoms. The maximum atomic E-state index is 11.7. The molecule has 0 aliphatic rings. The number of nitrogens with one attached hydrogen (secondary N) is 1. The van der Waals surface area contributed by atoms with Gasteiger partial charge in [0, 0.05) is 34.1 Å². The molecular weight excluding hydrogens is 236 g/mol. The standard InChI is InChI=1S/C13H13ClN2O/c1-8(2)13(17)16-12-6-10(14)5-9-7-15-4-3-11(9)12/h3-8H,1-2H3,(H,16,17). The monoisotopic (exact) mass is 248 g/mol. The summed E-state index contributed by atoms with van der Waals surface area (Å²) < 4.78 is 0. The predicted molar refractivity (Wildman–Crippen MR) is 70.2 cm³/mol. The second-order valence-electron chi connectivity index (χ2n) is 4.19. The van der Waals surface area contributed by atoms with Crippen LogP contribution in [0.4, 0.5) is 5.69 Å². The van der Waals surface area contributed by atoms with Crippen molar-refractivity contribution in [3.63, 3.8) is 0 Å². The van der Waals surface area contributed by atoms with E-state index in [1.807, 2.05) is 26.0 Å². The highest BCUT2D eigenvalue weighted by Crippen LogP contribution is 2.27. The number of benzene rings is 1. The smallest absolute Gasteiger partial charge is 0.226 e. The molecule has 0 unspecified atom stereocenters. The molecular formula is C13H13ClN2O. The van der Waals surface area contributed by atoms with Crippen LogP contribution in [-0.4, -0.2) is 10.9 Å². The SMILES string of the molecule is CC(C)C(=O)Nc1cc(Cl)cc2cnccc12. The van der Waals surface area contributed by atoms with Crippen molar-refractivity contribution in [2.75, 3.05) is 5.32 Å². The Hall–Kier alpha value is -1.61. The average molecular weight is 249 g/mol. The summed E-state index contributed by atoms with van der Waals surface area (Å²) in [5.41, 5.74) is 0.730. The van der Waals surface area contributed by atoms with Gasteiger partial charge in [0.1, 0.15) is 0 Å². The second-order valence-corrected chi connectivity index (χ2v) is 4.63. The minimum absolute atomic E-state index is 0.0228. The van der Waals surface area contributed by atoms with Gasteiger partial charge >= 0.3 is 0 Å². The second kappa shape index (κ2) is 4.72. The zero-order valence-electron chi connectivity index (χ0n) is 9.70. The van der Waals surface area contributed by atoms with Gasteiger partial charge in [0.25, 0.3) is 0 Å². The Bertz CT molecular complexity index is 566. The number of hydrogen-bond acceptors (Lipinski definition) is 2. The van der Waals surface area contributed by atoms with Gasteiger partial charge in [-0.1, -0.05) is 25.4 Å². The maximum Gasteiger partial charge on any atom is 0.226 e. The number of carbonyl (C=O) groups excluding carboxylic acids is 1. The third kappa shape index (κ3) is 2.56. The number of carbonyl (C=O) groups is 1. The number of pyridine rings is 1. The molecule has 1 aromatic carbocycles. The largest absolute Gasteiger partial charge is 0.325 e. The van der Waals surface area contributed by atoms with Crippen molar-refractivity contribution in [3.8, 4) is 0 Å². The van der Waals surface area contributed by atoms with E-state index in [0.29, 0.717) is 5.02 Å². The first kappa shape index (κ1) is 11.9. The van der Waals surface area contributed by atoms with E-state index < -0.39 is 0 Å². The Morgan fingerprint density at radius 2 is 2.18 bits per heavy atom. The Labute approximate surface area is 105 Å². The van der Waals surface area contributed by atoms with Crippen molar-refractivity contribution < 1.29 is 4.79 Å². The van der Waals surface area contributed by atoms with Crippen molar-refractivity contribution >= 4 is 34.0 Å².